The van der Waals surface area contributed by atoms with Gasteiger partial charge < -0.3 is 4.90 Å². The standard InChI is InChI=1S/C24H21N3OS/c1-18-10-12-21(13-11-18)27(16-19-7-3-2-4-8-19)23(28)15-20-17-29-24(26-20)22-9-5-6-14-25-22/h2-14,17H,15-16H2,1H3. The third-order valence-corrected chi connectivity index (χ3v) is 5.51. The van der Waals surface area contributed by atoms with Gasteiger partial charge in [-0.15, -0.1) is 11.3 Å². The first kappa shape index (κ1) is 19.0. The van der Waals surface area contributed by atoms with Gasteiger partial charge in [-0.25, -0.2) is 4.98 Å². The minimum atomic E-state index is 0.0237. The Morgan fingerprint density at radius 1 is 0.966 bits per heavy atom. The van der Waals surface area contributed by atoms with Gasteiger partial charge in [-0.05, 0) is 36.8 Å². The van der Waals surface area contributed by atoms with E-state index < -0.39 is 0 Å². The zero-order valence-corrected chi connectivity index (χ0v) is 17.0. The monoisotopic (exact) mass is 399 g/mol. The molecule has 4 aromatic rings. The average molecular weight is 400 g/mol. The van der Waals surface area contributed by atoms with Crippen molar-refractivity contribution in [3.05, 3.63) is 101 Å². The lowest BCUT2D eigenvalue weighted by Crippen LogP contribution is -2.31. The van der Waals surface area contributed by atoms with E-state index in [1.807, 2.05) is 90.0 Å². The maximum atomic E-state index is 13.2. The van der Waals surface area contributed by atoms with Gasteiger partial charge in [0.05, 0.1) is 24.4 Å². The molecule has 4 nitrogen and oxygen atoms in total. The summed E-state index contributed by atoms with van der Waals surface area (Å²) in [6.07, 6.45) is 2.00. The van der Waals surface area contributed by atoms with Crippen LogP contribution in [0.2, 0.25) is 0 Å². The van der Waals surface area contributed by atoms with Gasteiger partial charge >= 0.3 is 0 Å². The highest BCUT2D eigenvalue weighted by molar-refractivity contribution is 7.13. The van der Waals surface area contributed by atoms with E-state index in [9.17, 15) is 4.79 Å². The van der Waals surface area contributed by atoms with Crippen molar-refractivity contribution in [2.75, 3.05) is 4.90 Å². The summed E-state index contributed by atoms with van der Waals surface area (Å²) in [5.74, 6) is 0.0237. The van der Waals surface area contributed by atoms with Crippen LogP contribution in [0.25, 0.3) is 10.7 Å². The molecule has 4 rings (SSSR count). The highest BCUT2D eigenvalue weighted by Crippen LogP contribution is 2.23. The quantitative estimate of drug-likeness (QED) is 0.443. The maximum absolute atomic E-state index is 13.2. The van der Waals surface area contributed by atoms with Crippen molar-refractivity contribution in [2.45, 2.75) is 19.9 Å². The number of benzene rings is 2. The van der Waals surface area contributed by atoms with E-state index in [0.29, 0.717) is 6.54 Å². The molecule has 0 radical (unpaired) electrons. The molecule has 144 valence electrons. The molecule has 2 aromatic carbocycles. The predicted molar refractivity (Wildman–Crippen MR) is 118 cm³/mol. The summed E-state index contributed by atoms with van der Waals surface area (Å²) in [5, 5.41) is 2.77. The molecule has 0 fully saturated rings. The SMILES string of the molecule is Cc1ccc(N(Cc2ccccc2)C(=O)Cc2csc(-c3ccccn3)n2)cc1. The van der Waals surface area contributed by atoms with Gasteiger partial charge in [-0.3, -0.25) is 9.78 Å². The Labute approximate surface area is 174 Å². The summed E-state index contributed by atoms with van der Waals surface area (Å²) in [4.78, 5) is 24.0. The fourth-order valence-corrected chi connectivity index (χ4v) is 3.85. The van der Waals surface area contributed by atoms with Crippen LogP contribution in [0, 0.1) is 6.92 Å². The molecule has 0 saturated carbocycles. The second kappa shape index (κ2) is 8.80. The zero-order chi connectivity index (χ0) is 20.1. The van der Waals surface area contributed by atoms with Crippen LogP contribution in [0.4, 0.5) is 5.69 Å². The first-order chi connectivity index (χ1) is 14.2. The largest absolute Gasteiger partial charge is 0.308 e. The number of thiazole rings is 1. The third-order valence-electron chi connectivity index (χ3n) is 4.60. The molecule has 0 bridgehead atoms. The third kappa shape index (κ3) is 4.76. The zero-order valence-electron chi connectivity index (χ0n) is 16.2. The highest BCUT2D eigenvalue weighted by atomic mass is 32.1. The molecule has 0 aliphatic heterocycles. The minimum Gasteiger partial charge on any atom is -0.308 e. The molecule has 5 heteroatoms. The molecule has 0 aliphatic carbocycles. The molecule has 0 atom stereocenters. The molecule has 0 unspecified atom stereocenters. The summed E-state index contributed by atoms with van der Waals surface area (Å²) in [6, 6.07) is 23.8. The van der Waals surface area contributed by atoms with Crippen molar-refractivity contribution < 1.29 is 4.79 Å². The fourth-order valence-electron chi connectivity index (χ4n) is 3.06. The van der Waals surface area contributed by atoms with Crippen LogP contribution in [0.5, 0.6) is 0 Å². The molecule has 0 aliphatic rings. The Kier molecular flexibility index (Phi) is 5.77. The number of carbonyl (C=O) groups is 1. The Morgan fingerprint density at radius 3 is 2.45 bits per heavy atom. The van der Waals surface area contributed by atoms with E-state index in [2.05, 4.69) is 9.97 Å². The summed E-state index contributed by atoms with van der Waals surface area (Å²) in [7, 11) is 0. The molecule has 2 aromatic heterocycles. The number of hydrogen-bond donors (Lipinski definition) is 0. The second-order valence-corrected chi connectivity index (χ2v) is 7.69. The number of hydrogen-bond acceptors (Lipinski definition) is 4. The highest BCUT2D eigenvalue weighted by Gasteiger charge is 2.18. The van der Waals surface area contributed by atoms with Gasteiger partial charge in [0.25, 0.3) is 0 Å². The number of amides is 1. The Morgan fingerprint density at radius 2 is 1.72 bits per heavy atom. The molecule has 29 heavy (non-hydrogen) atoms. The molecule has 1 amide bonds. The number of pyridine rings is 1. The van der Waals surface area contributed by atoms with E-state index >= 15 is 0 Å². The number of rotatable bonds is 6. The smallest absolute Gasteiger partial charge is 0.233 e. The lowest BCUT2D eigenvalue weighted by Gasteiger charge is -2.23. The topological polar surface area (TPSA) is 46.1 Å². The molecular weight excluding hydrogens is 378 g/mol. The van der Waals surface area contributed by atoms with Crippen molar-refractivity contribution in [2.24, 2.45) is 0 Å². The number of nitrogens with zero attached hydrogens (tertiary/aromatic N) is 3. The minimum absolute atomic E-state index is 0.0237. The number of aromatic nitrogens is 2. The lowest BCUT2D eigenvalue weighted by molar-refractivity contribution is -0.118. The first-order valence-electron chi connectivity index (χ1n) is 9.46. The Hall–Kier alpha value is -3.31. The molecular formula is C24H21N3OS. The first-order valence-corrected chi connectivity index (χ1v) is 10.3. The normalized spacial score (nSPS) is 10.7. The van der Waals surface area contributed by atoms with Crippen LogP contribution in [-0.2, 0) is 17.8 Å². The number of anilines is 1. The van der Waals surface area contributed by atoms with Gasteiger partial charge in [-0.1, -0.05) is 54.1 Å². The summed E-state index contributed by atoms with van der Waals surface area (Å²) >= 11 is 1.51. The fraction of sp³-hybridized carbons (Fsp3) is 0.125. The van der Waals surface area contributed by atoms with Crippen molar-refractivity contribution in [1.82, 2.24) is 9.97 Å². The van der Waals surface area contributed by atoms with Crippen LogP contribution < -0.4 is 4.90 Å². The molecule has 2 heterocycles. The predicted octanol–water partition coefficient (Wildman–Crippen LogP) is 5.29. The van der Waals surface area contributed by atoms with Crippen LogP contribution >= 0.6 is 11.3 Å². The molecule has 0 saturated heterocycles. The molecule has 0 N–H and O–H groups in total. The lowest BCUT2D eigenvalue weighted by atomic mass is 10.1. The van der Waals surface area contributed by atoms with Crippen molar-refractivity contribution in [1.29, 1.82) is 0 Å². The molecule has 0 spiro atoms. The second-order valence-electron chi connectivity index (χ2n) is 6.84. The summed E-state index contributed by atoms with van der Waals surface area (Å²) < 4.78 is 0. The maximum Gasteiger partial charge on any atom is 0.233 e. The van der Waals surface area contributed by atoms with Gasteiger partial charge in [0.15, 0.2) is 0 Å². The van der Waals surface area contributed by atoms with Crippen molar-refractivity contribution in [3.8, 4) is 10.7 Å². The van der Waals surface area contributed by atoms with E-state index in [1.165, 1.54) is 16.9 Å². The Balaban J connectivity index is 1.56. The number of aryl methyl sites for hydroxylation is 1. The van der Waals surface area contributed by atoms with E-state index in [4.69, 9.17) is 0 Å². The van der Waals surface area contributed by atoms with Crippen molar-refractivity contribution in [3.63, 3.8) is 0 Å². The Bertz CT molecular complexity index is 1080. The average Bonchev–Trinajstić information content (AvgIpc) is 3.22. The van der Waals surface area contributed by atoms with E-state index in [0.717, 1.165) is 27.6 Å². The van der Waals surface area contributed by atoms with Gasteiger partial charge in [0.1, 0.15) is 5.01 Å². The van der Waals surface area contributed by atoms with Gasteiger partial charge in [0, 0.05) is 17.3 Å². The summed E-state index contributed by atoms with van der Waals surface area (Å²) in [5.41, 5.74) is 4.75. The number of carbonyl (C=O) groups excluding carboxylic acids is 1. The van der Waals surface area contributed by atoms with Crippen LogP contribution in [0.15, 0.2) is 84.4 Å². The van der Waals surface area contributed by atoms with Crippen LogP contribution in [0.3, 0.4) is 0 Å². The van der Waals surface area contributed by atoms with E-state index in [1.54, 1.807) is 6.20 Å². The van der Waals surface area contributed by atoms with Crippen LogP contribution in [-0.4, -0.2) is 15.9 Å². The van der Waals surface area contributed by atoms with E-state index in [-0.39, 0.29) is 12.3 Å². The van der Waals surface area contributed by atoms with Gasteiger partial charge in [-0.2, -0.15) is 0 Å². The van der Waals surface area contributed by atoms with Crippen molar-refractivity contribution >= 4 is 22.9 Å². The van der Waals surface area contributed by atoms with Crippen LogP contribution in [0.1, 0.15) is 16.8 Å². The van der Waals surface area contributed by atoms with Gasteiger partial charge in [0.2, 0.25) is 5.91 Å². The summed E-state index contributed by atoms with van der Waals surface area (Å²) in [6.45, 7) is 2.57.